The normalized spacial score (nSPS) is 14.8. The third-order valence-corrected chi connectivity index (χ3v) is 3.51. The number of nitrogens with zero attached hydrogens (tertiary/aromatic N) is 3. The van der Waals surface area contributed by atoms with Crippen molar-refractivity contribution < 1.29 is 4.79 Å². The van der Waals surface area contributed by atoms with Gasteiger partial charge in [0.2, 0.25) is 0 Å². The Kier molecular flexibility index (Phi) is 4.71. The van der Waals surface area contributed by atoms with Crippen molar-refractivity contribution in [1.29, 1.82) is 0 Å². The molecule has 0 aliphatic heterocycles. The zero-order chi connectivity index (χ0) is 13.7. The molecule has 1 amide bonds. The maximum absolute atomic E-state index is 12.2. The Morgan fingerprint density at radius 1 is 1.47 bits per heavy atom. The van der Waals surface area contributed by atoms with Gasteiger partial charge in [-0.1, -0.05) is 13.3 Å². The summed E-state index contributed by atoms with van der Waals surface area (Å²) in [5.41, 5.74) is 0.419. The van der Waals surface area contributed by atoms with Crippen molar-refractivity contribution in [3.05, 3.63) is 18.1 Å². The van der Waals surface area contributed by atoms with Gasteiger partial charge >= 0.3 is 0 Å². The fourth-order valence-electron chi connectivity index (χ4n) is 2.15. The molecule has 2 rings (SSSR count). The summed E-state index contributed by atoms with van der Waals surface area (Å²) in [7, 11) is 1.84. The van der Waals surface area contributed by atoms with Crippen molar-refractivity contribution in [1.82, 2.24) is 14.9 Å². The van der Waals surface area contributed by atoms with Gasteiger partial charge in [-0.05, 0) is 25.2 Å². The van der Waals surface area contributed by atoms with E-state index in [1.54, 1.807) is 11.1 Å². The first-order valence-corrected chi connectivity index (χ1v) is 7.02. The van der Waals surface area contributed by atoms with Gasteiger partial charge in [-0.2, -0.15) is 0 Å². The molecule has 104 valence electrons. The largest absolute Gasteiger partial charge is 0.369 e. The second-order valence-corrected chi connectivity index (χ2v) is 5.20. The van der Waals surface area contributed by atoms with E-state index in [2.05, 4.69) is 22.2 Å². The average Bonchev–Trinajstić information content (AvgIpc) is 2.39. The molecule has 1 aliphatic carbocycles. The summed E-state index contributed by atoms with van der Waals surface area (Å²) >= 11 is 0. The standard InChI is InChI=1S/C14H22N4O/c1-3-7-16-13-9-15-8-12(17-13)14(19)18(2)10-11-5-4-6-11/h8-9,11H,3-7,10H2,1-2H3,(H,16,17). The number of amides is 1. The average molecular weight is 262 g/mol. The lowest BCUT2D eigenvalue weighted by molar-refractivity contribution is 0.0739. The monoisotopic (exact) mass is 262 g/mol. The first-order valence-electron chi connectivity index (χ1n) is 7.02. The van der Waals surface area contributed by atoms with E-state index in [-0.39, 0.29) is 5.91 Å². The van der Waals surface area contributed by atoms with Gasteiger partial charge in [0.15, 0.2) is 0 Å². The highest BCUT2D eigenvalue weighted by Crippen LogP contribution is 2.27. The van der Waals surface area contributed by atoms with Crippen molar-refractivity contribution in [2.75, 3.05) is 25.5 Å². The first-order chi connectivity index (χ1) is 9.20. The number of carbonyl (C=O) groups excluding carboxylic acids is 1. The Morgan fingerprint density at radius 3 is 2.89 bits per heavy atom. The zero-order valence-corrected chi connectivity index (χ0v) is 11.7. The second-order valence-electron chi connectivity index (χ2n) is 5.20. The Balaban J connectivity index is 1.96. The Labute approximate surface area is 114 Å². The van der Waals surface area contributed by atoms with Gasteiger partial charge in [0, 0.05) is 20.1 Å². The minimum absolute atomic E-state index is 0.0421. The summed E-state index contributed by atoms with van der Waals surface area (Å²) in [6.45, 7) is 3.75. The predicted molar refractivity (Wildman–Crippen MR) is 75.1 cm³/mol. The molecule has 0 aromatic carbocycles. The third-order valence-electron chi connectivity index (χ3n) is 3.51. The predicted octanol–water partition coefficient (Wildman–Crippen LogP) is 2.17. The number of anilines is 1. The second kappa shape index (κ2) is 6.50. The molecule has 0 atom stereocenters. The molecular weight excluding hydrogens is 240 g/mol. The van der Waals surface area contributed by atoms with Gasteiger partial charge in [0.25, 0.3) is 5.91 Å². The number of rotatable bonds is 6. The van der Waals surface area contributed by atoms with Crippen LogP contribution < -0.4 is 5.32 Å². The molecule has 1 aromatic heterocycles. The highest BCUT2D eigenvalue weighted by atomic mass is 16.2. The maximum atomic E-state index is 12.2. The molecule has 5 nitrogen and oxygen atoms in total. The quantitative estimate of drug-likeness (QED) is 0.853. The molecular formula is C14H22N4O. The fraction of sp³-hybridized carbons (Fsp3) is 0.643. The Morgan fingerprint density at radius 2 is 2.26 bits per heavy atom. The van der Waals surface area contributed by atoms with Gasteiger partial charge in [-0.3, -0.25) is 9.78 Å². The summed E-state index contributed by atoms with van der Waals surface area (Å²) < 4.78 is 0. The van der Waals surface area contributed by atoms with Crippen molar-refractivity contribution in [2.45, 2.75) is 32.6 Å². The van der Waals surface area contributed by atoms with Gasteiger partial charge in [-0.15, -0.1) is 0 Å². The lowest BCUT2D eigenvalue weighted by atomic mass is 9.85. The van der Waals surface area contributed by atoms with Gasteiger partial charge in [0.05, 0.1) is 12.4 Å². The number of carbonyl (C=O) groups is 1. The van der Waals surface area contributed by atoms with Crippen molar-refractivity contribution in [3.8, 4) is 0 Å². The van der Waals surface area contributed by atoms with E-state index in [1.165, 1.54) is 25.5 Å². The smallest absolute Gasteiger partial charge is 0.273 e. The van der Waals surface area contributed by atoms with Crippen LogP contribution in [0.15, 0.2) is 12.4 Å². The lowest BCUT2D eigenvalue weighted by Gasteiger charge is -2.29. The van der Waals surface area contributed by atoms with Crippen molar-refractivity contribution in [2.24, 2.45) is 5.92 Å². The van der Waals surface area contributed by atoms with Crippen LogP contribution in [0.1, 0.15) is 43.1 Å². The minimum Gasteiger partial charge on any atom is -0.369 e. The molecule has 1 N–H and O–H groups in total. The number of nitrogens with one attached hydrogen (secondary N) is 1. The summed E-state index contributed by atoms with van der Waals surface area (Å²) in [4.78, 5) is 22.4. The molecule has 0 unspecified atom stereocenters. The van der Waals surface area contributed by atoms with E-state index in [4.69, 9.17) is 0 Å². The van der Waals surface area contributed by atoms with E-state index in [9.17, 15) is 4.79 Å². The molecule has 1 aromatic rings. The van der Waals surface area contributed by atoms with E-state index >= 15 is 0 Å². The van der Waals surface area contributed by atoms with Gasteiger partial charge in [0.1, 0.15) is 11.5 Å². The van der Waals surface area contributed by atoms with Crippen LogP contribution in [0.4, 0.5) is 5.82 Å². The number of hydrogen-bond acceptors (Lipinski definition) is 4. The molecule has 19 heavy (non-hydrogen) atoms. The topological polar surface area (TPSA) is 58.1 Å². The van der Waals surface area contributed by atoms with Gasteiger partial charge in [-0.25, -0.2) is 4.98 Å². The zero-order valence-electron chi connectivity index (χ0n) is 11.7. The van der Waals surface area contributed by atoms with E-state index < -0.39 is 0 Å². The van der Waals surface area contributed by atoms with E-state index in [1.807, 2.05) is 7.05 Å². The van der Waals surface area contributed by atoms with Crippen LogP contribution in [0.5, 0.6) is 0 Å². The van der Waals surface area contributed by atoms with Crippen LogP contribution in [0.3, 0.4) is 0 Å². The molecule has 0 saturated heterocycles. The Hall–Kier alpha value is -1.65. The highest BCUT2D eigenvalue weighted by molar-refractivity contribution is 5.92. The summed E-state index contributed by atoms with van der Waals surface area (Å²) in [6, 6.07) is 0. The molecule has 1 saturated carbocycles. The van der Waals surface area contributed by atoms with Crippen LogP contribution in [0, 0.1) is 5.92 Å². The van der Waals surface area contributed by atoms with Crippen LogP contribution in [-0.2, 0) is 0 Å². The number of hydrogen-bond donors (Lipinski definition) is 1. The summed E-state index contributed by atoms with van der Waals surface area (Å²) in [6.07, 6.45) is 7.97. The highest BCUT2D eigenvalue weighted by Gasteiger charge is 2.22. The molecule has 1 aliphatic rings. The van der Waals surface area contributed by atoms with Crippen LogP contribution >= 0.6 is 0 Å². The molecule has 1 fully saturated rings. The molecule has 0 bridgehead atoms. The fourth-order valence-corrected chi connectivity index (χ4v) is 2.15. The summed E-state index contributed by atoms with van der Waals surface area (Å²) in [5.74, 6) is 1.30. The first kappa shape index (κ1) is 13.8. The molecule has 1 heterocycles. The Bertz CT molecular complexity index is 431. The molecule has 0 radical (unpaired) electrons. The molecule has 0 spiro atoms. The minimum atomic E-state index is -0.0421. The van der Waals surface area contributed by atoms with Gasteiger partial charge < -0.3 is 10.2 Å². The molecule has 5 heteroatoms. The van der Waals surface area contributed by atoms with E-state index in [0.717, 1.165) is 19.5 Å². The lowest BCUT2D eigenvalue weighted by Crippen LogP contribution is -2.34. The van der Waals surface area contributed by atoms with Crippen molar-refractivity contribution >= 4 is 11.7 Å². The van der Waals surface area contributed by atoms with Crippen LogP contribution in [0.2, 0.25) is 0 Å². The SMILES string of the molecule is CCCNc1cncc(C(=O)N(C)CC2CCC2)n1. The van der Waals surface area contributed by atoms with Crippen LogP contribution in [-0.4, -0.2) is 40.9 Å². The van der Waals surface area contributed by atoms with Crippen molar-refractivity contribution in [3.63, 3.8) is 0 Å². The van der Waals surface area contributed by atoms with Crippen LogP contribution in [0.25, 0.3) is 0 Å². The summed E-state index contributed by atoms with van der Waals surface area (Å²) in [5, 5.41) is 3.15. The number of aromatic nitrogens is 2. The maximum Gasteiger partial charge on any atom is 0.273 e. The van der Waals surface area contributed by atoms with E-state index in [0.29, 0.717) is 17.4 Å². The third kappa shape index (κ3) is 3.66.